The molecule has 2 N–H and O–H groups in total. The lowest BCUT2D eigenvalue weighted by atomic mass is 9.89. The van der Waals surface area contributed by atoms with Gasteiger partial charge in [-0.1, -0.05) is 12.1 Å². The highest BCUT2D eigenvalue weighted by Crippen LogP contribution is 2.22. The Kier molecular flexibility index (Phi) is 2.44. The fourth-order valence-electron chi connectivity index (χ4n) is 1.78. The highest BCUT2D eigenvalue weighted by Gasteiger charge is 2.36. The molecule has 1 unspecified atom stereocenters. The van der Waals surface area contributed by atoms with Gasteiger partial charge in [-0.05, 0) is 24.6 Å². The van der Waals surface area contributed by atoms with Gasteiger partial charge >= 0.3 is 0 Å². The number of nitrogens with one attached hydrogen (secondary N) is 2. The number of rotatable bonds is 1. The van der Waals surface area contributed by atoms with E-state index in [1.54, 1.807) is 19.1 Å². The molecule has 80 valence electrons. The van der Waals surface area contributed by atoms with Gasteiger partial charge in [-0.15, -0.1) is 0 Å². The molecule has 1 aliphatic rings. The molecule has 1 amide bonds. The van der Waals surface area contributed by atoms with Crippen LogP contribution in [-0.4, -0.2) is 19.0 Å². The van der Waals surface area contributed by atoms with Crippen LogP contribution in [0.15, 0.2) is 24.3 Å². The van der Waals surface area contributed by atoms with Crippen molar-refractivity contribution in [2.75, 3.05) is 13.1 Å². The van der Waals surface area contributed by atoms with E-state index in [-0.39, 0.29) is 11.7 Å². The van der Waals surface area contributed by atoms with Gasteiger partial charge in [0.25, 0.3) is 0 Å². The number of amides is 1. The lowest BCUT2D eigenvalue weighted by molar-refractivity contribution is -0.128. The number of hydrogen-bond acceptors (Lipinski definition) is 2. The van der Waals surface area contributed by atoms with Crippen molar-refractivity contribution < 1.29 is 9.18 Å². The first kappa shape index (κ1) is 10.1. The molecule has 1 aromatic rings. The third-order valence-electron chi connectivity index (χ3n) is 2.75. The summed E-state index contributed by atoms with van der Waals surface area (Å²) < 4.78 is 13.1. The van der Waals surface area contributed by atoms with E-state index in [0.29, 0.717) is 18.7 Å². The summed E-state index contributed by atoms with van der Waals surface area (Å²) in [6.07, 6.45) is 0. The van der Waals surface area contributed by atoms with Crippen LogP contribution < -0.4 is 10.6 Å². The summed E-state index contributed by atoms with van der Waals surface area (Å²) in [4.78, 5) is 11.7. The molecule has 2 rings (SSSR count). The normalized spacial score (nSPS) is 26.1. The van der Waals surface area contributed by atoms with Crippen molar-refractivity contribution in [1.82, 2.24) is 10.6 Å². The number of piperazine rings is 1. The Balaban J connectivity index is 2.39. The highest BCUT2D eigenvalue weighted by atomic mass is 19.1. The molecular formula is C11H13FN2O. The minimum absolute atomic E-state index is 0.112. The molecule has 1 saturated heterocycles. The molecule has 0 spiro atoms. The van der Waals surface area contributed by atoms with Crippen LogP contribution in [0.3, 0.4) is 0 Å². The monoisotopic (exact) mass is 208 g/mol. The van der Waals surface area contributed by atoms with Gasteiger partial charge in [0.15, 0.2) is 0 Å². The molecule has 15 heavy (non-hydrogen) atoms. The Morgan fingerprint density at radius 3 is 2.87 bits per heavy atom. The molecule has 1 aromatic carbocycles. The Morgan fingerprint density at radius 2 is 2.20 bits per heavy atom. The van der Waals surface area contributed by atoms with E-state index in [0.717, 1.165) is 0 Å². The molecule has 0 radical (unpaired) electrons. The van der Waals surface area contributed by atoms with Gasteiger partial charge in [0, 0.05) is 13.1 Å². The molecule has 0 aromatic heterocycles. The molecular weight excluding hydrogens is 195 g/mol. The molecule has 0 saturated carbocycles. The van der Waals surface area contributed by atoms with E-state index in [1.165, 1.54) is 12.1 Å². The van der Waals surface area contributed by atoms with E-state index in [2.05, 4.69) is 10.6 Å². The third kappa shape index (κ3) is 1.72. The zero-order valence-electron chi connectivity index (χ0n) is 8.51. The van der Waals surface area contributed by atoms with Gasteiger partial charge in [0.2, 0.25) is 5.91 Å². The number of carbonyl (C=O) groups excluding carboxylic acids is 1. The van der Waals surface area contributed by atoms with Gasteiger partial charge in [-0.25, -0.2) is 4.39 Å². The summed E-state index contributed by atoms with van der Waals surface area (Å²) in [5.74, 6) is -0.437. The van der Waals surface area contributed by atoms with Crippen molar-refractivity contribution in [3.63, 3.8) is 0 Å². The van der Waals surface area contributed by atoms with E-state index >= 15 is 0 Å². The Morgan fingerprint density at radius 1 is 1.40 bits per heavy atom. The first-order valence-corrected chi connectivity index (χ1v) is 4.92. The minimum atomic E-state index is -0.819. The van der Waals surface area contributed by atoms with Crippen LogP contribution >= 0.6 is 0 Å². The van der Waals surface area contributed by atoms with Crippen LogP contribution in [0.4, 0.5) is 4.39 Å². The number of halogens is 1. The summed E-state index contributed by atoms with van der Waals surface area (Å²) in [6, 6.07) is 6.12. The van der Waals surface area contributed by atoms with Crippen LogP contribution in [0, 0.1) is 5.82 Å². The second-order valence-electron chi connectivity index (χ2n) is 3.82. The Hall–Kier alpha value is -1.42. The van der Waals surface area contributed by atoms with Gasteiger partial charge in [0.05, 0.1) is 0 Å². The lowest BCUT2D eigenvalue weighted by Crippen LogP contribution is -2.59. The van der Waals surface area contributed by atoms with E-state index in [1.807, 2.05) is 0 Å². The van der Waals surface area contributed by atoms with Crippen LogP contribution in [0.25, 0.3) is 0 Å². The first-order valence-electron chi connectivity index (χ1n) is 4.92. The highest BCUT2D eigenvalue weighted by molar-refractivity contribution is 5.87. The largest absolute Gasteiger partial charge is 0.353 e. The van der Waals surface area contributed by atoms with E-state index in [9.17, 15) is 9.18 Å². The van der Waals surface area contributed by atoms with Crippen LogP contribution in [0.1, 0.15) is 12.5 Å². The SMILES string of the molecule is CC1(c2cccc(F)c2)NCCNC1=O. The molecule has 1 aliphatic heterocycles. The number of benzene rings is 1. The second-order valence-corrected chi connectivity index (χ2v) is 3.82. The topological polar surface area (TPSA) is 41.1 Å². The molecule has 1 atom stereocenters. The van der Waals surface area contributed by atoms with Gasteiger partial charge < -0.3 is 5.32 Å². The summed E-state index contributed by atoms with van der Waals surface area (Å²) in [6.45, 7) is 3.07. The molecule has 1 heterocycles. The summed E-state index contributed by atoms with van der Waals surface area (Å²) >= 11 is 0. The maximum atomic E-state index is 13.1. The maximum absolute atomic E-state index is 13.1. The molecule has 0 bridgehead atoms. The molecule has 3 nitrogen and oxygen atoms in total. The zero-order valence-corrected chi connectivity index (χ0v) is 8.51. The lowest BCUT2D eigenvalue weighted by Gasteiger charge is -2.34. The van der Waals surface area contributed by atoms with Crippen molar-refractivity contribution in [2.45, 2.75) is 12.5 Å². The zero-order chi connectivity index (χ0) is 10.9. The average Bonchev–Trinajstić information content (AvgIpc) is 2.23. The van der Waals surface area contributed by atoms with Gasteiger partial charge in [-0.2, -0.15) is 0 Å². The van der Waals surface area contributed by atoms with E-state index in [4.69, 9.17) is 0 Å². The number of hydrogen-bond donors (Lipinski definition) is 2. The molecule has 0 aliphatic carbocycles. The van der Waals surface area contributed by atoms with E-state index < -0.39 is 5.54 Å². The van der Waals surface area contributed by atoms with Crippen molar-refractivity contribution in [3.8, 4) is 0 Å². The van der Waals surface area contributed by atoms with Crippen molar-refractivity contribution in [3.05, 3.63) is 35.6 Å². The summed E-state index contributed by atoms with van der Waals surface area (Å²) in [7, 11) is 0. The molecule has 1 fully saturated rings. The van der Waals surface area contributed by atoms with Crippen LogP contribution in [0.5, 0.6) is 0 Å². The third-order valence-corrected chi connectivity index (χ3v) is 2.75. The van der Waals surface area contributed by atoms with Gasteiger partial charge in [0.1, 0.15) is 11.4 Å². The second kappa shape index (κ2) is 3.62. The van der Waals surface area contributed by atoms with Gasteiger partial charge in [-0.3, -0.25) is 10.1 Å². The molecule has 4 heteroatoms. The quantitative estimate of drug-likeness (QED) is 0.715. The fourth-order valence-corrected chi connectivity index (χ4v) is 1.78. The first-order chi connectivity index (χ1) is 7.13. The van der Waals surface area contributed by atoms with Crippen LogP contribution in [-0.2, 0) is 10.3 Å². The minimum Gasteiger partial charge on any atom is -0.353 e. The predicted octanol–water partition coefficient (Wildman–Crippen LogP) is 0.760. The predicted molar refractivity (Wildman–Crippen MR) is 54.8 cm³/mol. The van der Waals surface area contributed by atoms with Crippen molar-refractivity contribution in [2.24, 2.45) is 0 Å². The van der Waals surface area contributed by atoms with Crippen molar-refractivity contribution in [1.29, 1.82) is 0 Å². The Bertz CT molecular complexity index is 394. The summed E-state index contributed by atoms with van der Waals surface area (Å²) in [5.41, 5.74) is -0.167. The summed E-state index contributed by atoms with van der Waals surface area (Å²) in [5, 5.41) is 5.88. The maximum Gasteiger partial charge on any atom is 0.244 e. The van der Waals surface area contributed by atoms with Crippen molar-refractivity contribution >= 4 is 5.91 Å². The fraction of sp³-hybridized carbons (Fsp3) is 0.364. The smallest absolute Gasteiger partial charge is 0.244 e. The Labute approximate surface area is 87.7 Å². The standard InChI is InChI=1S/C11H13FN2O/c1-11(10(15)13-5-6-14-11)8-3-2-4-9(12)7-8/h2-4,7,14H,5-6H2,1H3,(H,13,15). The number of carbonyl (C=O) groups is 1. The van der Waals surface area contributed by atoms with Crippen LogP contribution in [0.2, 0.25) is 0 Å². The average molecular weight is 208 g/mol.